The predicted molar refractivity (Wildman–Crippen MR) is 210 cm³/mol. The molecular formula is C40H70NO12P. The van der Waals surface area contributed by atoms with E-state index in [1.807, 2.05) is 12.2 Å². The average Bonchev–Trinajstić information content (AvgIpc) is 3.14. The van der Waals surface area contributed by atoms with Crippen molar-refractivity contribution in [2.24, 2.45) is 0 Å². The molecule has 13 nitrogen and oxygen atoms in total. The van der Waals surface area contributed by atoms with Crippen LogP contribution in [0.4, 0.5) is 0 Å². The van der Waals surface area contributed by atoms with Crippen LogP contribution in [0.2, 0.25) is 0 Å². The Morgan fingerprint density at radius 2 is 1.13 bits per heavy atom. The van der Waals surface area contributed by atoms with Crippen LogP contribution in [0.25, 0.3) is 0 Å². The van der Waals surface area contributed by atoms with Crippen LogP contribution in [0, 0.1) is 0 Å². The molecule has 14 heteroatoms. The molecule has 0 saturated heterocycles. The van der Waals surface area contributed by atoms with Gasteiger partial charge in [-0.15, -0.1) is 0 Å². The zero-order valence-electron chi connectivity index (χ0n) is 32.4. The lowest BCUT2D eigenvalue weighted by atomic mass is 9.85. The van der Waals surface area contributed by atoms with Gasteiger partial charge in [0.25, 0.3) is 0 Å². The van der Waals surface area contributed by atoms with Gasteiger partial charge in [0.2, 0.25) is 5.91 Å². The Morgan fingerprint density at radius 1 is 0.648 bits per heavy atom. The van der Waals surface area contributed by atoms with Gasteiger partial charge in [0.1, 0.15) is 36.6 Å². The molecule has 8 unspecified atom stereocenters. The van der Waals surface area contributed by atoms with E-state index in [1.165, 1.54) is 63.5 Å². The highest BCUT2D eigenvalue weighted by Crippen LogP contribution is 2.47. The van der Waals surface area contributed by atoms with Crippen molar-refractivity contribution in [3.8, 4) is 0 Å². The topological polar surface area (TPSA) is 226 Å². The summed E-state index contributed by atoms with van der Waals surface area (Å²) in [5.41, 5.74) is 0. The second-order valence-electron chi connectivity index (χ2n) is 13.9. The second kappa shape index (κ2) is 30.2. The van der Waals surface area contributed by atoms with Crippen molar-refractivity contribution in [3.63, 3.8) is 0 Å². The summed E-state index contributed by atoms with van der Waals surface area (Å²) in [7, 11) is -5.16. The fraction of sp³-hybridized carbons (Fsp3) is 0.725. The number of amides is 1. The minimum Gasteiger partial charge on any atom is -0.389 e. The molecule has 1 aliphatic carbocycles. The van der Waals surface area contributed by atoms with Crippen LogP contribution < -0.4 is 5.32 Å². The molecule has 312 valence electrons. The van der Waals surface area contributed by atoms with Gasteiger partial charge in [0.05, 0.1) is 31.3 Å². The van der Waals surface area contributed by atoms with Gasteiger partial charge in [0.15, 0.2) is 0 Å². The van der Waals surface area contributed by atoms with Crippen LogP contribution in [-0.2, 0) is 18.4 Å². The van der Waals surface area contributed by atoms with Crippen LogP contribution in [0.1, 0.15) is 123 Å². The normalized spacial score (nSPS) is 25.3. The molecule has 0 spiro atoms. The Labute approximate surface area is 322 Å². The summed E-state index contributed by atoms with van der Waals surface area (Å²) in [5.74, 6) is -0.679. The third kappa shape index (κ3) is 22.5. The molecule has 9 N–H and O–H groups in total. The molecule has 1 fully saturated rings. The first kappa shape index (κ1) is 50.0. The van der Waals surface area contributed by atoms with Gasteiger partial charge in [-0.25, -0.2) is 4.57 Å². The largest absolute Gasteiger partial charge is 0.472 e. The summed E-state index contributed by atoms with van der Waals surface area (Å²) in [6.45, 7) is 3.59. The van der Waals surface area contributed by atoms with Gasteiger partial charge >= 0.3 is 7.82 Å². The summed E-state index contributed by atoms with van der Waals surface area (Å²) >= 11 is 0. The Hall–Kier alpha value is -2.00. The maximum atomic E-state index is 12.9. The average molecular weight is 788 g/mol. The minimum absolute atomic E-state index is 0.366. The number of rotatable bonds is 30. The van der Waals surface area contributed by atoms with Crippen molar-refractivity contribution in [2.75, 3.05) is 6.61 Å². The van der Waals surface area contributed by atoms with E-state index in [2.05, 4.69) is 43.5 Å². The first-order valence-electron chi connectivity index (χ1n) is 19.8. The summed E-state index contributed by atoms with van der Waals surface area (Å²) in [6.07, 6.45) is 20.8. The van der Waals surface area contributed by atoms with Crippen LogP contribution in [0.5, 0.6) is 0 Å². The van der Waals surface area contributed by atoms with Crippen LogP contribution in [-0.4, -0.2) is 108 Å². The second-order valence-corrected chi connectivity index (χ2v) is 15.3. The molecule has 1 rings (SSSR count). The molecule has 0 radical (unpaired) electrons. The van der Waals surface area contributed by atoms with Crippen molar-refractivity contribution >= 4 is 13.7 Å². The SMILES string of the molecule is CCCCC/C=C/CC/C=C/CC/C=C/C(O)C(COP(=O)(O)OC1C(O)C(O)C(O)C(O)C1O)NC(=O)CC(O)/C=C\C/C=C\CCCCCCCC. The van der Waals surface area contributed by atoms with E-state index in [9.17, 15) is 50.0 Å². The van der Waals surface area contributed by atoms with Crippen molar-refractivity contribution in [2.45, 2.75) is 178 Å². The molecule has 8 atom stereocenters. The smallest absolute Gasteiger partial charge is 0.389 e. The lowest BCUT2D eigenvalue weighted by molar-refractivity contribution is -0.220. The fourth-order valence-electron chi connectivity index (χ4n) is 5.74. The van der Waals surface area contributed by atoms with Crippen molar-refractivity contribution in [3.05, 3.63) is 60.8 Å². The number of phosphoric acid groups is 1. The maximum Gasteiger partial charge on any atom is 0.472 e. The highest BCUT2D eigenvalue weighted by molar-refractivity contribution is 7.47. The van der Waals surface area contributed by atoms with E-state index in [0.29, 0.717) is 19.3 Å². The number of hydrogen-bond donors (Lipinski definition) is 9. The van der Waals surface area contributed by atoms with Crippen LogP contribution >= 0.6 is 7.82 Å². The number of carbonyl (C=O) groups is 1. The number of carbonyl (C=O) groups excluding carboxylic acids is 1. The van der Waals surface area contributed by atoms with Crippen molar-refractivity contribution in [1.82, 2.24) is 5.32 Å². The van der Waals surface area contributed by atoms with Gasteiger partial charge in [-0.2, -0.15) is 0 Å². The molecule has 1 aliphatic rings. The monoisotopic (exact) mass is 787 g/mol. The molecule has 0 aliphatic heterocycles. The molecule has 0 aromatic rings. The van der Waals surface area contributed by atoms with E-state index in [4.69, 9.17) is 9.05 Å². The summed E-state index contributed by atoms with van der Waals surface area (Å²) in [6, 6.07) is -1.29. The lowest BCUT2D eigenvalue weighted by Gasteiger charge is -2.41. The van der Waals surface area contributed by atoms with E-state index in [-0.39, 0.29) is 6.42 Å². The third-order valence-corrected chi connectivity index (χ3v) is 10.0. The standard InChI is InChI=1S/C40H70NO12P/c1-3-5-7-9-11-13-15-16-18-20-22-24-26-28-33(43)32(30-52-54(50,51)53-40-38(48)36(46)35(45)37(47)39(40)49)41-34(44)29-31(42)27-25-23-21-19-17-14-12-10-8-6-4-2/h11,13,18-21,25-28,31-33,35-40,42-43,45-49H,3-10,12,14-17,22-24,29-30H2,1-2H3,(H,41,44)(H,50,51)/b13-11+,20-18+,21-19-,27-25-,28-26+. The number of hydrogen-bond acceptors (Lipinski definition) is 11. The summed E-state index contributed by atoms with van der Waals surface area (Å²) < 4.78 is 22.7. The molecule has 0 heterocycles. The van der Waals surface area contributed by atoms with Gasteiger partial charge in [-0.3, -0.25) is 13.8 Å². The lowest BCUT2D eigenvalue weighted by Crippen LogP contribution is -2.64. The first-order valence-corrected chi connectivity index (χ1v) is 21.3. The van der Waals surface area contributed by atoms with E-state index in [0.717, 1.165) is 32.1 Å². The molecule has 0 bridgehead atoms. The number of nitrogens with one attached hydrogen (secondary N) is 1. The highest BCUT2D eigenvalue weighted by atomic mass is 31.2. The van der Waals surface area contributed by atoms with Gasteiger partial charge in [-0.1, -0.05) is 120 Å². The number of aliphatic hydroxyl groups excluding tert-OH is 7. The molecule has 0 aromatic carbocycles. The summed E-state index contributed by atoms with van der Waals surface area (Å²) in [4.78, 5) is 23.2. The molecule has 54 heavy (non-hydrogen) atoms. The zero-order chi connectivity index (χ0) is 40.2. The predicted octanol–water partition coefficient (Wildman–Crippen LogP) is 4.97. The fourth-order valence-corrected chi connectivity index (χ4v) is 6.71. The summed E-state index contributed by atoms with van der Waals surface area (Å²) in [5, 5.41) is 73.8. The molecule has 1 amide bonds. The number of aliphatic hydroxyl groups is 7. The van der Waals surface area contributed by atoms with Gasteiger partial charge < -0.3 is 46.0 Å². The quantitative estimate of drug-likeness (QED) is 0.0267. The Kier molecular flexibility index (Phi) is 28.0. The molecule has 1 saturated carbocycles. The number of unbranched alkanes of at least 4 members (excludes halogenated alkanes) is 11. The molecular weight excluding hydrogens is 717 g/mol. The third-order valence-electron chi connectivity index (χ3n) is 9.06. The Morgan fingerprint density at radius 3 is 1.74 bits per heavy atom. The number of allylic oxidation sites excluding steroid dienone is 8. The van der Waals surface area contributed by atoms with Crippen molar-refractivity contribution < 1.29 is 59.0 Å². The van der Waals surface area contributed by atoms with Crippen LogP contribution in [0.15, 0.2) is 60.8 Å². The van der Waals surface area contributed by atoms with Crippen molar-refractivity contribution in [1.29, 1.82) is 0 Å². The van der Waals surface area contributed by atoms with Gasteiger partial charge in [0, 0.05) is 0 Å². The van der Waals surface area contributed by atoms with E-state index >= 15 is 0 Å². The zero-order valence-corrected chi connectivity index (χ0v) is 33.2. The number of phosphoric ester groups is 1. The van der Waals surface area contributed by atoms with Crippen LogP contribution in [0.3, 0.4) is 0 Å². The van der Waals surface area contributed by atoms with E-state index in [1.54, 1.807) is 12.2 Å². The Bertz CT molecular complexity index is 1160. The minimum atomic E-state index is -5.16. The highest BCUT2D eigenvalue weighted by Gasteiger charge is 2.51. The van der Waals surface area contributed by atoms with Gasteiger partial charge in [-0.05, 0) is 57.8 Å². The Balaban J connectivity index is 2.75. The van der Waals surface area contributed by atoms with E-state index < -0.39 is 75.2 Å². The first-order chi connectivity index (χ1) is 25.8. The maximum absolute atomic E-state index is 12.9. The molecule has 0 aromatic heterocycles.